The van der Waals surface area contributed by atoms with Crippen molar-refractivity contribution in [3.63, 3.8) is 0 Å². The average Bonchev–Trinajstić information content (AvgIpc) is 2.31. The number of carboxylic acid groups (broad SMARTS) is 1. The number of hydrogen-bond acceptors (Lipinski definition) is 3. The molecule has 0 bridgehead atoms. The molecule has 0 amide bonds. The molecule has 0 spiro atoms. The van der Waals surface area contributed by atoms with Crippen LogP contribution in [0.3, 0.4) is 0 Å². The zero-order chi connectivity index (χ0) is 13.5. The van der Waals surface area contributed by atoms with Crippen molar-refractivity contribution in [1.82, 2.24) is 4.90 Å². The van der Waals surface area contributed by atoms with Crippen LogP contribution in [0.15, 0.2) is 24.3 Å². The molecule has 0 aliphatic heterocycles. The van der Waals surface area contributed by atoms with Crippen molar-refractivity contribution in [2.75, 3.05) is 20.2 Å². The number of nitrogens with zero attached hydrogens (tertiary/aromatic N) is 1. The lowest BCUT2D eigenvalue weighted by Gasteiger charge is -2.19. The van der Waals surface area contributed by atoms with Crippen molar-refractivity contribution >= 4 is 5.97 Å². The molecule has 1 atom stereocenters. The van der Waals surface area contributed by atoms with Crippen LogP contribution < -0.4 is 4.74 Å². The molecule has 1 N–H and O–H groups in total. The molecule has 0 saturated heterocycles. The topological polar surface area (TPSA) is 49.8 Å². The van der Waals surface area contributed by atoms with Gasteiger partial charge < -0.3 is 14.7 Å². The summed E-state index contributed by atoms with van der Waals surface area (Å²) in [5, 5.41) is 8.85. The van der Waals surface area contributed by atoms with Gasteiger partial charge in [0.15, 0.2) is 0 Å². The smallest absolute Gasteiger partial charge is 0.307 e. The van der Waals surface area contributed by atoms with Gasteiger partial charge in [-0.1, -0.05) is 19.1 Å². The zero-order valence-electron chi connectivity index (χ0n) is 11.2. The van der Waals surface area contributed by atoms with E-state index < -0.39 is 5.97 Å². The number of aliphatic carboxylic acids is 1. The summed E-state index contributed by atoms with van der Waals surface area (Å²) in [6.07, 6.45) is 0. The predicted octanol–water partition coefficient (Wildman–Crippen LogP) is 2.24. The van der Waals surface area contributed by atoms with Gasteiger partial charge in [0.1, 0.15) is 5.75 Å². The molecule has 1 aromatic rings. The van der Waals surface area contributed by atoms with Gasteiger partial charge in [0.2, 0.25) is 0 Å². The highest BCUT2D eigenvalue weighted by molar-refractivity contribution is 5.69. The molecular weight excluding hydrogens is 230 g/mol. The largest absolute Gasteiger partial charge is 0.494 e. The van der Waals surface area contributed by atoms with Crippen molar-refractivity contribution in [2.24, 2.45) is 5.92 Å². The number of carboxylic acids is 1. The molecule has 4 nitrogen and oxygen atoms in total. The highest BCUT2D eigenvalue weighted by Gasteiger charge is 2.13. The van der Waals surface area contributed by atoms with Crippen LogP contribution in [0.4, 0.5) is 0 Å². The Bertz CT molecular complexity index is 375. The van der Waals surface area contributed by atoms with E-state index >= 15 is 0 Å². The van der Waals surface area contributed by atoms with Gasteiger partial charge in [0, 0.05) is 13.1 Å². The van der Waals surface area contributed by atoms with Crippen LogP contribution in [0.5, 0.6) is 5.75 Å². The lowest BCUT2D eigenvalue weighted by Crippen LogP contribution is -2.28. The van der Waals surface area contributed by atoms with Crippen LogP contribution in [0.25, 0.3) is 0 Å². The number of ether oxygens (including phenoxy) is 1. The summed E-state index contributed by atoms with van der Waals surface area (Å²) in [5.41, 5.74) is 1.15. The molecule has 0 fully saturated rings. The third kappa shape index (κ3) is 4.75. The van der Waals surface area contributed by atoms with Gasteiger partial charge in [-0.05, 0) is 31.7 Å². The molecule has 4 heteroatoms. The van der Waals surface area contributed by atoms with Crippen molar-refractivity contribution in [3.8, 4) is 5.75 Å². The van der Waals surface area contributed by atoms with Crippen LogP contribution in [-0.4, -0.2) is 36.2 Å². The van der Waals surface area contributed by atoms with E-state index in [0.29, 0.717) is 13.2 Å². The van der Waals surface area contributed by atoms with Crippen molar-refractivity contribution in [1.29, 1.82) is 0 Å². The molecule has 0 aliphatic rings. The lowest BCUT2D eigenvalue weighted by molar-refractivity contribution is -0.141. The first-order valence-electron chi connectivity index (χ1n) is 6.16. The minimum atomic E-state index is -0.756. The molecule has 0 radical (unpaired) electrons. The van der Waals surface area contributed by atoms with E-state index in [1.165, 1.54) is 0 Å². The first kappa shape index (κ1) is 14.5. The van der Waals surface area contributed by atoms with Crippen LogP contribution in [0.2, 0.25) is 0 Å². The van der Waals surface area contributed by atoms with Gasteiger partial charge in [0.05, 0.1) is 12.5 Å². The third-order valence-electron chi connectivity index (χ3n) is 2.69. The van der Waals surface area contributed by atoms with E-state index in [9.17, 15) is 4.79 Å². The number of rotatable bonds is 7. The predicted molar refractivity (Wildman–Crippen MR) is 70.7 cm³/mol. The normalized spacial score (nSPS) is 12.4. The molecule has 1 unspecified atom stereocenters. The molecule has 1 aromatic carbocycles. The van der Waals surface area contributed by atoms with Crippen LogP contribution in [0, 0.1) is 5.92 Å². The fourth-order valence-corrected chi connectivity index (χ4v) is 1.78. The Kier molecular flexibility index (Phi) is 5.65. The van der Waals surface area contributed by atoms with Gasteiger partial charge in [-0.15, -0.1) is 0 Å². The fraction of sp³-hybridized carbons (Fsp3) is 0.500. The van der Waals surface area contributed by atoms with Gasteiger partial charge >= 0.3 is 5.97 Å². The van der Waals surface area contributed by atoms with Gasteiger partial charge in [-0.2, -0.15) is 0 Å². The SMILES string of the molecule is CCOc1ccc(CN(C)CC(C)C(=O)O)cc1. The summed E-state index contributed by atoms with van der Waals surface area (Å²) in [6.45, 7) is 5.62. The molecule has 0 saturated carbocycles. The maximum atomic E-state index is 10.8. The van der Waals surface area contributed by atoms with E-state index in [1.807, 2.05) is 43.1 Å². The lowest BCUT2D eigenvalue weighted by atomic mass is 10.1. The third-order valence-corrected chi connectivity index (χ3v) is 2.69. The van der Waals surface area contributed by atoms with Crippen molar-refractivity contribution < 1.29 is 14.6 Å². The summed E-state index contributed by atoms with van der Waals surface area (Å²) in [6, 6.07) is 7.89. The minimum Gasteiger partial charge on any atom is -0.494 e. The quantitative estimate of drug-likeness (QED) is 0.807. The van der Waals surface area contributed by atoms with E-state index in [-0.39, 0.29) is 5.92 Å². The highest BCUT2D eigenvalue weighted by Crippen LogP contribution is 2.13. The number of hydrogen-bond donors (Lipinski definition) is 1. The Hall–Kier alpha value is -1.55. The summed E-state index contributed by atoms with van der Waals surface area (Å²) >= 11 is 0. The summed E-state index contributed by atoms with van der Waals surface area (Å²) < 4.78 is 5.37. The Morgan fingerprint density at radius 1 is 1.39 bits per heavy atom. The van der Waals surface area contributed by atoms with Gasteiger partial charge in [-0.25, -0.2) is 0 Å². The van der Waals surface area contributed by atoms with Crippen molar-refractivity contribution in [2.45, 2.75) is 20.4 Å². The summed E-state index contributed by atoms with van der Waals surface area (Å²) in [7, 11) is 1.93. The zero-order valence-corrected chi connectivity index (χ0v) is 11.2. The number of benzene rings is 1. The second kappa shape index (κ2) is 7.01. The Morgan fingerprint density at radius 2 is 2.00 bits per heavy atom. The van der Waals surface area contributed by atoms with Gasteiger partial charge in [0.25, 0.3) is 0 Å². The van der Waals surface area contributed by atoms with Crippen LogP contribution in [-0.2, 0) is 11.3 Å². The first-order valence-corrected chi connectivity index (χ1v) is 6.16. The molecule has 1 rings (SSSR count). The molecule has 18 heavy (non-hydrogen) atoms. The Labute approximate surface area is 108 Å². The number of carbonyl (C=O) groups is 1. The monoisotopic (exact) mass is 251 g/mol. The van der Waals surface area contributed by atoms with E-state index in [4.69, 9.17) is 9.84 Å². The molecule has 100 valence electrons. The minimum absolute atomic E-state index is 0.349. The second-order valence-electron chi connectivity index (χ2n) is 4.51. The van der Waals surface area contributed by atoms with E-state index in [1.54, 1.807) is 6.92 Å². The standard InChI is InChI=1S/C14H21NO3/c1-4-18-13-7-5-12(6-8-13)10-15(3)9-11(2)14(16)17/h5-8,11H,4,9-10H2,1-3H3,(H,16,17). The molecule has 0 aromatic heterocycles. The Morgan fingerprint density at radius 3 is 2.50 bits per heavy atom. The molecular formula is C14H21NO3. The Balaban J connectivity index is 2.48. The maximum absolute atomic E-state index is 10.8. The van der Waals surface area contributed by atoms with E-state index in [0.717, 1.165) is 17.9 Å². The van der Waals surface area contributed by atoms with Crippen LogP contribution >= 0.6 is 0 Å². The highest BCUT2D eigenvalue weighted by atomic mass is 16.5. The second-order valence-corrected chi connectivity index (χ2v) is 4.51. The summed E-state index contributed by atoms with van der Waals surface area (Å²) in [5.74, 6) is -0.242. The van der Waals surface area contributed by atoms with Crippen molar-refractivity contribution in [3.05, 3.63) is 29.8 Å². The molecule has 0 aliphatic carbocycles. The summed E-state index contributed by atoms with van der Waals surface area (Å²) in [4.78, 5) is 12.8. The van der Waals surface area contributed by atoms with E-state index in [2.05, 4.69) is 0 Å². The average molecular weight is 251 g/mol. The maximum Gasteiger partial charge on any atom is 0.307 e. The van der Waals surface area contributed by atoms with Crippen LogP contribution in [0.1, 0.15) is 19.4 Å². The molecule has 0 heterocycles. The first-order chi connectivity index (χ1) is 8.52. The fourth-order valence-electron chi connectivity index (χ4n) is 1.78. The van der Waals surface area contributed by atoms with Gasteiger partial charge in [-0.3, -0.25) is 4.79 Å².